The third-order valence-electron chi connectivity index (χ3n) is 3.50. The van der Waals surface area contributed by atoms with Crippen LogP contribution in [0.2, 0.25) is 5.02 Å². The molecule has 1 aliphatic rings. The Balaban J connectivity index is 2.04. The maximum absolute atomic E-state index is 12.3. The Bertz CT molecular complexity index is 634. The van der Waals surface area contributed by atoms with E-state index < -0.39 is 29.8 Å². The van der Waals surface area contributed by atoms with Gasteiger partial charge in [0.05, 0.1) is 0 Å². The summed E-state index contributed by atoms with van der Waals surface area (Å²) in [6.45, 7) is 1.28. The molecule has 0 bridgehead atoms. The highest BCUT2D eigenvalue weighted by Gasteiger charge is 2.59. The molecule has 2 rings (SSSR count). The third-order valence-corrected chi connectivity index (χ3v) is 3.73. The SMILES string of the molecule is CC1(N)C(=O)N(CCc2cccc(Cl)c2)C1OC(=O)C(F)(F)F. The largest absolute Gasteiger partial charge is 0.491 e. The zero-order valence-electron chi connectivity index (χ0n) is 12.1. The number of amides is 1. The third kappa shape index (κ3) is 3.59. The van der Waals surface area contributed by atoms with Gasteiger partial charge in [-0.05, 0) is 31.0 Å². The molecule has 9 heteroatoms. The molecule has 2 N–H and O–H groups in total. The number of likely N-dealkylation sites (tertiary alicyclic amines) is 1. The first-order valence-electron chi connectivity index (χ1n) is 6.65. The average molecular weight is 351 g/mol. The van der Waals surface area contributed by atoms with E-state index in [1.165, 1.54) is 6.92 Å². The number of nitrogens with zero attached hydrogens (tertiary/aromatic N) is 1. The quantitative estimate of drug-likeness (QED) is 0.664. The monoisotopic (exact) mass is 350 g/mol. The van der Waals surface area contributed by atoms with Crippen LogP contribution in [0.4, 0.5) is 13.2 Å². The zero-order chi connectivity index (χ0) is 17.4. The highest BCUT2D eigenvalue weighted by atomic mass is 35.5. The molecule has 1 saturated heterocycles. The molecule has 23 heavy (non-hydrogen) atoms. The van der Waals surface area contributed by atoms with Crippen molar-refractivity contribution in [2.45, 2.75) is 31.3 Å². The van der Waals surface area contributed by atoms with Crippen LogP contribution in [0.15, 0.2) is 24.3 Å². The van der Waals surface area contributed by atoms with Crippen molar-refractivity contribution < 1.29 is 27.5 Å². The van der Waals surface area contributed by atoms with E-state index in [9.17, 15) is 22.8 Å². The molecule has 1 amide bonds. The summed E-state index contributed by atoms with van der Waals surface area (Å²) in [7, 11) is 0. The molecule has 0 spiro atoms. The van der Waals surface area contributed by atoms with Crippen LogP contribution in [0.5, 0.6) is 0 Å². The molecule has 0 aromatic heterocycles. The molecular weight excluding hydrogens is 337 g/mol. The van der Waals surface area contributed by atoms with Gasteiger partial charge in [-0.1, -0.05) is 23.7 Å². The maximum Gasteiger partial charge on any atom is 0.491 e. The van der Waals surface area contributed by atoms with Crippen LogP contribution in [0, 0.1) is 0 Å². The van der Waals surface area contributed by atoms with E-state index >= 15 is 0 Å². The number of alkyl halides is 3. The lowest BCUT2D eigenvalue weighted by atomic mass is 9.88. The number of ether oxygens (including phenoxy) is 1. The average Bonchev–Trinajstić information content (AvgIpc) is 2.45. The van der Waals surface area contributed by atoms with E-state index in [4.69, 9.17) is 17.3 Å². The van der Waals surface area contributed by atoms with Crippen LogP contribution in [0.1, 0.15) is 12.5 Å². The Morgan fingerprint density at radius 3 is 2.70 bits per heavy atom. The molecule has 1 aromatic rings. The van der Waals surface area contributed by atoms with E-state index in [1.807, 2.05) is 0 Å². The number of carbonyl (C=O) groups excluding carboxylic acids is 2. The van der Waals surface area contributed by atoms with Crippen molar-refractivity contribution in [1.82, 2.24) is 4.90 Å². The molecule has 0 radical (unpaired) electrons. The molecular formula is C14H14ClF3N2O3. The molecule has 1 aliphatic heterocycles. The van der Waals surface area contributed by atoms with Crippen molar-refractivity contribution in [3.05, 3.63) is 34.9 Å². The van der Waals surface area contributed by atoms with Crippen LogP contribution < -0.4 is 5.73 Å². The zero-order valence-corrected chi connectivity index (χ0v) is 12.8. The molecule has 0 saturated carbocycles. The van der Waals surface area contributed by atoms with E-state index in [0.717, 1.165) is 10.5 Å². The Kier molecular flexibility index (Phi) is 4.59. The Morgan fingerprint density at radius 1 is 1.48 bits per heavy atom. The summed E-state index contributed by atoms with van der Waals surface area (Å²) in [5.74, 6) is -2.96. The molecule has 1 heterocycles. The molecule has 2 atom stereocenters. The minimum atomic E-state index is -5.15. The number of esters is 1. The van der Waals surface area contributed by atoms with Gasteiger partial charge in [0.15, 0.2) is 0 Å². The van der Waals surface area contributed by atoms with Crippen molar-refractivity contribution in [3.63, 3.8) is 0 Å². The Hall–Kier alpha value is -1.80. The summed E-state index contributed by atoms with van der Waals surface area (Å²) in [5, 5.41) is 0.501. The maximum atomic E-state index is 12.3. The number of benzene rings is 1. The van der Waals surface area contributed by atoms with E-state index in [1.54, 1.807) is 24.3 Å². The van der Waals surface area contributed by atoms with Gasteiger partial charge in [-0.2, -0.15) is 13.2 Å². The molecule has 1 fully saturated rings. The first-order valence-corrected chi connectivity index (χ1v) is 7.03. The van der Waals surface area contributed by atoms with Gasteiger partial charge >= 0.3 is 12.1 Å². The van der Waals surface area contributed by atoms with Crippen LogP contribution in [-0.4, -0.2) is 41.3 Å². The van der Waals surface area contributed by atoms with Crippen molar-refractivity contribution >= 4 is 23.5 Å². The lowest BCUT2D eigenvalue weighted by Crippen LogP contribution is -2.78. The first kappa shape index (κ1) is 17.6. The molecule has 1 aromatic carbocycles. The van der Waals surface area contributed by atoms with Crippen LogP contribution >= 0.6 is 11.6 Å². The van der Waals surface area contributed by atoms with Gasteiger partial charge in [-0.15, -0.1) is 0 Å². The summed E-state index contributed by atoms with van der Waals surface area (Å²) in [6.07, 6.45) is -6.27. The van der Waals surface area contributed by atoms with E-state index in [-0.39, 0.29) is 6.54 Å². The van der Waals surface area contributed by atoms with Gasteiger partial charge in [-0.3, -0.25) is 4.79 Å². The van der Waals surface area contributed by atoms with E-state index in [2.05, 4.69) is 4.74 Å². The summed E-state index contributed by atoms with van der Waals surface area (Å²) in [5.41, 5.74) is 4.74. The standard InChI is InChI=1S/C14H14ClF3N2O3/c1-13(19)10(21)20(11(13)23-12(22)14(16,17)18)6-5-8-3-2-4-9(15)7-8/h2-4,7,11H,5-6,19H2,1H3. The van der Waals surface area contributed by atoms with Crippen molar-refractivity contribution in [2.24, 2.45) is 5.73 Å². The number of hydrogen-bond donors (Lipinski definition) is 1. The molecule has 2 unspecified atom stereocenters. The summed E-state index contributed by atoms with van der Waals surface area (Å²) in [4.78, 5) is 23.9. The molecule has 5 nitrogen and oxygen atoms in total. The Morgan fingerprint density at radius 2 is 2.13 bits per heavy atom. The fourth-order valence-corrected chi connectivity index (χ4v) is 2.51. The first-order chi connectivity index (χ1) is 10.5. The van der Waals surface area contributed by atoms with Gasteiger partial charge in [-0.25, -0.2) is 4.79 Å². The highest BCUT2D eigenvalue weighted by molar-refractivity contribution is 6.30. The summed E-state index contributed by atoms with van der Waals surface area (Å²) in [6, 6.07) is 6.81. The smallest absolute Gasteiger partial charge is 0.432 e. The fraction of sp³-hybridized carbons (Fsp3) is 0.429. The summed E-state index contributed by atoms with van der Waals surface area (Å²) >= 11 is 5.83. The fourth-order valence-electron chi connectivity index (χ4n) is 2.29. The Labute approximate surface area is 135 Å². The summed E-state index contributed by atoms with van der Waals surface area (Å²) < 4.78 is 41.3. The predicted octanol–water partition coefficient (Wildman–Crippen LogP) is 1.87. The van der Waals surface area contributed by atoms with Gasteiger partial charge in [0.25, 0.3) is 5.91 Å². The molecule has 0 aliphatic carbocycles. The van der Waals surface area contributed by atoms with Crippen LogP contribution in [0.3, 0.4) is 0 Å². The second-order valence-electron chi connectivity index (χ2n) is 5.42. The molecule has 126 valence electrons. The van der Waals surface area contributed by atoms with Gasteiger partial charge in [0.1, 0.15) is 5.54 Å². The van der Waals surface area contributed by atoms with Gasteiger partial charge in [0, 0.05) is 11.6 Å². The number of β-lactam (4-membered cyclic amide) rings is 1. The number of hydrogen-bond acceptors (Lipinski definition) is 4. The van der Waals surface area contributed by atoms with Crippen molar-refractivity contribution in [1.29, 1.82) is 0 Å². The minimum absolute atomic E-state index is 0.0573. The topological polar surface area (TPSA) is 72.6 Å². The second kappa shape index (κ2) is 6.01. The van der Waals surface area contributed by atoms with Crippen LogP contribution in [-0.2, 0) is 20.7 Å². The number of rotatable bonds is 4. The van der Waals surface area contributed by atoms with Crippen LogP contribution in [0.25, 0.3) is 0 Å². The predicted molar refractivity (Wildman–Crippen MR) is 75.4 cm³/mol. The van der Waals surface area contributed by atoms with Crippen molar-refractivity contribution in [2.75, 3.05) is 6.54 Å². The van der Waals surface area contributed by atoms with Crippen molar-refractivity contribution in [3.8, 4) is 0 Å². The minimum Gasteiger partial charge on any atom is -0.432 e. The van der Waals surface area contributed by atoms with Gasteiger partial charge in [0.2, 0.25) is 6.23 Å². The van der Waals surface area contributed by atoms with Gasteiger partial charge < -0.3 is 15.4 Å². The highest BCUT2D eigenvalue weighted by Crippen LogP contribution is 2.32. The van der Waals surface area contributed by atoms with E-state index in [0.29, 0.717) is 11.4 Å². The lowest BCUT2D eigenvalue weighted by molar-refractivity contribution is -0.231. The normalized spacial score (nSPS) is 24.3. The number of halogens is 4. The number of nitrogens with two attached hydrogens (primary N) is 1. The second-order valence-corrected chi connectivity index (χ2v) is 5.85. The lowest BCUT2D eigenvalue weighted by Gasteiger charge is -2.50. The number of carbonyl (C=O) groups is 2.